The van der Waals surface area contributed by atoms with E-state index in [-0.39, 0.29) is 5.54 Å². The van der Waals surface area contributed by atoms with Gasteiger partial charge in [0, 0.05) is 11.1 Å². The molecule has 0 spiro atoms. The number of thiazole rings is 1. The number of hydrogen-bond acceptors (Lipinski definition) is 3. The van der Waals surface area contributed by atoms with Crippen LogP contribution in [0.1, 0.15) is 43.8 Å². The Balaban J connectivity index is 2.31. The van der Waals surface area contributed by atoms with E-state index in [9.17, 15) is 0 Å². The first-order valence-corrected chi connectivity index (χ1v) is 6.47. The van der Waals surface area contributed by atoms with Crippen LogP contribution in [0.15, 0.2) is 5.38 Å². The summed E-state index contributed by atoms with van der Waals surface area (Å²) in [4.78, 5) is 4.66. The molecule has 15 heavy (non-hydrogen) atoms. The molecular formula is C12H20N2S. The zero-order chi connectivity index (χ0) is 11.1. The highest BCUT2D eigenvalue weighted by Gasteiger charge is 2.45. The van der Waals surface area contributed by atoms with Gasteiger partial charge in [-0.2, -0.15) is 0 Å². The van der Waals surface area contributed by atoms with Gasteiger partial charge in [-0.1, -0.05) is 13.8 Å². The molecular weight excluding hydrogens is 204 g/mol. The molecule has 3 heteroatoms. The Hall–Kier alpha value is -0.410. The number of nitrogens with one attached hydrogen (secondary N) is 1. The summed E-state index contributed by atoms with van der Waals surface area (Å²) in [5.41, 5.74) is 1.74. The SMILES string of the molecule is CNC1(c2nc(C)cs2)CCC(C)(C)C1. The molecule has 1 unspecified atom stereocenters. The van der Waals surface area contributed by atoms with Crippen molar-refractivity contribution in [2.75, 3.05) is 7.05 Å². The average molecular weight is 224 g/mol. The first-order valence-electron chi connectivity index (χ1n) is 5.59. The summed E-state index contributed by atoms with van der Waals surface area (Å²) >= 11 is 1.80. The van der Waals surface area contributed by atoms with E-state index in [0.29, 0.717) is 5.41 Å². The zero-order valence-corrected chi connectivity index (χ0v) is 10.9. The van der Waals surface area contributed by atoms with Gasteiger partial charge in [-0.3, -0.25) is 0 Å². The second-order valence-electron chi connectivity index (χ2n) is 5.47. The standard InChI is InChI=1S/C12H20N2S/c1-9-7-15-10(14-9)12(13-4)6-5-11(2,3)8-12/h7,13H,5-6,8H2,1-4H3. The van der Waals surface area contributed by atoms with Crippen molar-refractivity contribution >= 4 is 11.3 Å². The maximum Gasteiger partial charge on any atom is 0.113 e. The lowest BCUT2D eigenvalue weighted by atomic mass is 9.88. The van der Waals surface area contributed by atoms with E-state index in [1.165, 1.54) is 24.3 Å². The number of hydrogen-bond donors (Lipinski definition) is 1. The topological polar surface area (TPSA) is 24.9 Å². The molecule has 1 aromatic heterocycles. The summed E-state index contributed by atoms with van der Waals surface area (Å²) in [6, 6.07) is 0. The summed E-state index contributed by atoms with van der Waals surface area (Å²) in [5, 5.41) is 6.93. The van der Waals surface area contributed by atoms with Crippen LogP contribution >= 0.6 is 11.3 Å². The lowest BCUT2D eigenvalue weighted by molar-refractivity contribution is 0.304. The quantitative estimate of drug-likeness (QED) is 0.835. The smallest absolute Gasteiger partial charge is 0.113 e. The fourth-order valence-corrected chi connectivity index (χ4v) is 3.66. The van der Waals surface area contributed by atoms with E-state index in [0.717, 1.165) is 5.69 Å². The molecule has 1 saturated carbocycles. The number of nitrogens with zero attached hydrogens (tertiary/aromatic N) is 1. The minimum Gasteiger partial charge on any atom is -0.308 e. The van der Waals surface area contributed by atoms with E-state index < -0.39 is 0 Å². The van der Waals surface area contributed by atoms with Crippen molar-refractivity contribution < 1.29 is 0 Å². The third-order valence-corrected chi connectivity index (χ3v) is 4.68. The molecule has 0 bridgehead atoms. The molecule has 1 N–H and O–H groups in total. The molecule has 2 nitrogen and oxygen atoms in total. The molecule has 0 radical (unpaired) electrons. The second kappa shape index (κ2) is 3.56. The maximum atomic E-state index is 4.66. The Morgan fingerprint density at radius 2 is 2.13 bits per heavy atom. The lowest BCUT2D eigenvalue weighted by Crippen LogP contribution is -2.38. The number of aromatic nitrogens is 1. The van der Waals surface area contributed by atoms with Crippen LogP contribution in [0.25, 0.3) is 0 Å². The Bertz CT molecular complexity index is 356. The molecule has 0 aliphatic heterocycles. The summed E-state index contributed by atoms with van der Waals surface area (Å²) in [5.74, 6) is 0. The van der Waals surface area contributed by atoms with Crippen molar-refractivity contribution in [3.63, 3.8) is 0 Å². The highest BCUT2D eigenvalue weighted by atomic mass is 32.1. The Morgan fingerprint density at radius 3 is 2.53 bits per heavy atom. The molecule has 1 aliphatic carbocycles. The Morgan fingerprint density at radius 1 is 1.40 bits per heavy atom. The predicted molar refractivity (Wildman–Crippen MR) is 65.2 cm³/mol. The molecule has 84 valence electrons. The molecule has 2 rings (SSSR count). The van der Waals surface area contributed by atoms with Crippen LogP contribution in [0.3, 0.4) is 0 Å². The molecule has 1 atom stereocenters. The summed E-state index contributed by atoms with van der Waals surface area (Å²) in [7, 11) is 2.07. The minimum atomic E-state index is 0.141. The fourth-order valence-electron chi connectivity index (χ4n) is 2.62. The van der Waals surface area contributed by atoms with Gasteiger partial charge < -0.3 is 5.32 Å². The van der Waals surface area contributed by atoms with E-state index in [2.05, 4.69) is 43.5 Å². The number of rotatable bonds is 2. The largest absolute Gasteiger partial charge is 0.308 e. The third-order valence-electron chi connectivity index (χ3n) is 3.52. The molecule has 0 aromatic carbocycles. The molecule has 1 aliphatic rings. The molecule has 1 heterocycles. The van der Waals surface area contributed by atoms with Gasteiger partial charge in [0.2, 0.25) is 0 Å². The predicted octanol–water partition coefficient (Wildman–Crippen LogP) is 3.08. The first kappa shape index (κ1) is 11.1. The van der Waals surface area contributed by atoms with Crippen LogP contribution in [0.4, 0.5) is 0 Å². The fraction of sp³-hybridized carbons (Fsp3) is 0.750. The van der Waals surface area contributed by atoms with Gasteiger partial charge in [0.15, 0.2) is 0 Å². The average Bonchev–Trinajstić information content (AvgIpc) is 2.71. The van der Waals surface area contributed by atoms with Crippen molar-refractivity contribution in [3.05, 3.63) is 16.1 Å². The minimum absolute atomic E-state index is 0.141. The summed E-state index contributed by atoms with van der Waals surface area (Å²) in [6.07, 6.45) is 3.69. The Kier molecular flexibility index (Phi) is 2.63. The van der Waals surface area contributed by atoms with E-state index in [4.69, 9.17) is 0 Å². The molecule has 0 amide bonds. The summed E-state index contributed by atoms with van der Waals surface area (Å²) < 4.78 is 0. The highest BCUT2D eigenvalue weighted by molar-refractivity contribution is 7.09. The van der Waals surface area contributed by atoms with Gasteiger partial charge in [-0.15, -0.1) is 11.3 Å². The van der Waals surface area contributed by atoms with Gasteiger partial charge in [-0.25, -0.2) is 4.98 Å². The maximum absolute atomic E-state index is 4.66. The van der Waals surface area contributed by atoms with Crippen LogP contribution < -0.4 is 5.32 Å². The van der Waals surface area contributed by atoms with Crippen molar-refractivity contribution in [3.8, 4) is 0 Å². The monoisotopic (exact) mass is 224 g/mol. The number of aryl methyl sites for hydroxylation is 1. The van der Waals surface area contributed by atoms with Gasteiger partial charge in [0.25, 0.3) is 0 Å². The van der Waals surface area contributed by atoms with Crippen molar-refractivity contribution in [1.29, 1.82) is 0 Å². The first-order chi connectivity index (χ1) is 6.97. The third kappa shape index (κ3) is 1.95. The lowest BCUT2D eigenvalue weighted by Gasteiger charge is -2.28. The zero-order valence-electron chi connectivity index (χ0n) is 10.1. The van der Waals surface area contributed by atoms with E-state index in [1.54, 1.807) is 11.3 Å². The van der Waals surface area contributed by atoms with Gasteiger partial charge >= 0.3 is 0 Å². The van der Waals surface area contributed by atoms with E-state index >= 15 is 0 Å². The van der Waals surface area contributed by atoms with Gasteiger partial charge in [-0.05, 0) is 38.6 Å². The van der Waals surface area contributed by atoms with E-state index in [1.807, 2.05) is 0 Å². The Labute approximate surface area is 96.1 Å². The summed E-state index contributed by atoms with van der Waals surface area (Å²) in [6.45, 7) is 6.78. The van der Waals surface area contributed by atoms with Crippen LogP contribution in [0.2, 0.25) is 0 Å². The normalized spacial score (nSPS) is 29.6. The second-order valence-corrected chi connectivity index (χ2v) is 6.33. The molecule has 1 aromatic rings. The van der Waals surface area contributed by atoms with Crippen LogP contribution in [-0.2, 0) is 5.54 Å². The van der Waals surface area contributed by atoms with Crippen LogP contribution in [0, 0.1) is 12.3 Å². The van der Waals surface area contributed by atoms with Gasteiger partial charge in [0.05, 0.1) is 5.54 Å². The van der Waals surface area contributed by atoms with Crippen molar-refractivity contribution in [1.82, 2.24) is 10.3 Å². The van der Waals surface area contributed by atoms with Crippen LogP contribution in [0.5, 0.6) is 0 Å². The highest BCUT2D eigenvalue weighted by Crippen LogP contribution is 2.49. The van der Waals surface area contributed by atoms with Crippen molar-refractivity contribution in [2.45, 2.75) is 45.6 Å². The van der Waals surface area contributed by atoms with Gasteiger partial charge in [0.1, 0.15) is 5.01 Å². The molecule has 1 fully saturated rings. The molecule has 0 saturated heterocycles. The van der Waals surface area contributed by atoms with Crippen LogP contribution in [-0.4, -0.2) is 12.0 Å². The van der Waals surface area contributed by atoms with Crippen molar-refractivity contribution in [2.24, 2.45) is 5.41 Å².